The molecule has 0 saturated heterocycles. The summed E-state index contributed by atoms with van der Waals surface area (Å²) in [5.41, 5.74) is 2.88. The van der Waals surface area contributed by atoms with E-state index in [9.17, 15) is 0 Å². The van der Waals surface area contributed by atoms with Crippen LogP contribution in [-0.4, -0.2) is 9.55 Å². The molecule has 0 bridgehead atoms. The van der Waals surface area contributed by atoms with Gasteiger partial charge >= 0.3 is 0 Å². The van der Waals surface area contributed by atoms with E-state index in [2.05, 4.69) is 58.0 Å². The second kappa shape index (κ2) is 3.66. The number of imidazole rings is 1. The average Bonchev–Trinajstić information content (AvgIpc) is 2.44. The summed E-state index contributed by atoms with van der Waals surface area (Å²) in [5.74, 6) is 0. The molecule has 86 valence electrons. The highest BCUT2D eigenvalue weighted by Gasteiger charge is 2.27. The van der Waals surface area contributed by atoms with Crippen molar-refractivity contribution in [3.63, 3.8) is 0 Å². The van der Waals surface area contributed by atoms with Gasteiger partial charge in [0.05, 0.1) is 12.0 Å². The normalized spacial score (nSPS) is 13.3. The van der Waals surface area contributed by atoms with Gasteiger partial charge in [-0.2, -0.15) is 0 Å². The van der Waals surface area contributed by atoms with Crippen LogP contribution in [0.1, 0.15) is 59.9 Å². The van der Waals surface area contributed by atoms with Crippen molar-refractivity contribution in [3.8, 4) is 0 Å². The van der Waals surface area contributed by atoms with Gasteiger partial charge in [0.15, 0.2) is 0 Å². The Morgan fingerprint density at radius 1 is 1.13 bits per heavy atom. The van der Waals surface area contributed by atoms with E-state index in [-0.39, 0.29) is 11.0 Å². The molecule has 1 rings (SSSR count). The largest absolute Gasteiger partial charge is 0.329 e. The summed E-state index contributed by atoms with van der Waals surface area (Å²) in [6, 6.07) is 0. The van der Waals surface area contributed by atoms with Gasteiger partial charge in [0.2, 0.25) is 0 Å². The molecule has 0 amide bonds. The summed E-state index contributed by atoms with van der Waals surface area (Å²) in [5, 5.41) is 0. The molecule has 0 saturated carbocycles. The Balaban J connectivity index is 3.37. The quantitative estimate of drug-likeness (QED) is 0.690. The van der Waals surface area contributed by atoms with E-state index >= 15 is 0 Å². The van der Waals surface area contributed by atoms with Crippen LogP contribution in [0, 0.1) is 0 Å². The van der Waals surface area contributed by atoms with Crippen LogP contribution in [0.25, 0.3) is 0 Å². The van der Waals surface area contributed by atoms with Crippen LogP contribution in [0.5, 0.6) is 0 Å². The zero-order valence-corrected chi connectivity index (χ0v) is 11.2. The zero-order valence-electron chi connectivity index (χ0n) is 11.2. The molecule has 0 spiro atoms. The SMILES string of the molecule is CCc1ncn(C(C)(C)C)c1C(C)(C)C. The number of nitrogens with zero attached hydrogens (tertiary/aromatic N) is 2. The summed E-state index contributed by atoms with van der Waals surface area (Å²) in [4.78, 5) is 4.53. The first-order valence-electron chi connectivity index (χ1n) is 5.75. The maximum Gasteiger partial charge on any atom is 0.0956 e. The summed E-state index contributed by atoms with van der Waals surface area (Å²) < 4.78 is 2.31. The van der Waals surface area contributed by atoms with Gasteiger partial charge in [-0.1, -0.05) is 27.7 Å². The maximum atomic E-state index is 4.53. The molecule has 0 aliphatic heterocycles. The van der Waals surface area contributed by atoms with Crippen LogP contribution in [0.2, 0.25) is 0 Å². The molecular formula is C13H24N2. The van der Waals surface area contributed by atoms with Crippen molar-refractivity contribution in [1.82, 2.24) is 9.55 Å². The first kappa shape index (κ1) is 12.3. The fourth-order valence-electron chi connectivity index (χ4n) is 1.95. The highest BCUT2D eigenvalue weighted by atomic mass is 15.1. The lowest BCUT2D eigenvalue weighted by atomic mass is 9.88. The molecule has 2 nitrogen and oxygen atoms in total. The average molecular weight is 208 g/mol. The smallest absolute Gasteiger partial charge is 0.0956 e. The summed E-state index contributed by atoms with van der Waals surface area (Å²) >= 11 is 0. The lowest BCUT2D eigenvalue weighted by Gasteiger charge is -2.30. The number of rotatable bonds is 1. The van der Waals surface area contributed by atoms with Crippen LogP contribution in [0.4, 0.5) is 0 Å². The number of aromatic nitrogens is 2. The van der Waals surface area contributed by atoms with E-state index in [0.29, 0.717) is 0 Å². The molecule has 0 fully saturated rings. The van der Waals surface area contributed by atoms with Crippen LogP contribution < -0.4 is 0 Å². The second-order valence-corrected chi connectivity index (χ2v) is 6.18. The fourth-order valence-corrected chi connectivity index (χ4v) is 1.95. The van der Waals surface area contributed by atoms with Gasteiger partial charge in [0, 0.05) is 16.6 Å². The number of aryl methyl sites for hydroxylation is 1. The van der Waals surface area contributed by atoms with Gasteiger partial charge in [0.25, 0.3) is 0 Å². The van der Waals surface area contributed by atoms with Crippen molar-refractivity contribution in [2.45, 2.75) is 65.8 Å². The molecule has 0 aliphatic carbocycles. The molecule has 0 aromatic carbocycles. The topological polar surface area (TPSA) is 17.8 Å². The van der Waals surface area contributed by atoms with E-state index in [1.165, 1.54) is 11.4 Å². The Hall–Kier alpha value is -0.790. The molecule has 0 unspecified atom stereocenters. The van der Waals surface area contributed by atoms with Crippen molar-refractivity contribution >= 4 is 0 Å². The van der Waals surface area contributed by atoms with Gasteiger partial charge < -0.3 is 4.57 Å². The summed E-state index contributed by atoms with van der Waals surface area (Å²) in [6.45, 7) is 15.6. The standard InChI is InChI=1S/C13H24N2/c1-8-10-11(12(2,3)4)15(9-14-10)13(5,6)7/h9H,8H2,1-7H3. The van der Waals surface area contributed by atoms with Crippen LogP contribution in [-0.2, 0) is 17.4 Å². The van der Waals surface area contributed by atoms with Crippen LogP contribution >= 0.6 is 0 Å². The van der Waals surface area contributed by atoms with Gasteiger partial charge in [-0.25, -0.2) is 4.98 Å². The molecule has 0 atom stereocenters. The van der Waals surface area contributed by atoms with Crippen molar-refractivity contribution in [1.29, 1.82) is 0 Å². The Labute approximate surface area is 93.7 Å². The van der Waals surface area contributed by atoms with E-state index < -0.39 is 0 Å². The molecule has 1 aromatic heterocycles. The molecule has 15 heavy (non-hydrogen) atoms. The lowest BCUT2D eigenvalue weighted by molar-refractivity contribution is 0.358. The summed E-state index contributed by atoms with van der Waals surface area (Å²) in [6.07, 6.45) is 3.00. The molecule has 0 radical (unpaired) electrons. The van der Waals surface area contributed by atoms with Crippen molar-refractivity contribution in [2.75, 3.05) is 0 Å². The van der Waals surface area contributed by atoms with Gasteiger partial charge in [-0.15, -0.1) is 0 Å². The van der Waals surface area contributed by atoms with Gasteiger partial charge in [-0.3, -0.25) is 0 Å². The lowest BCUT2D eigenvalue weighted by Crippen LogP contribution is -2.29. The highest BCUT2D eigenvalue weighted by molar-refractivity contribution is 5.23. The molecule has 1 aromatic rings. The predicted molar refractivity (Wildman–Crippen MR) is 65.3 cm³/mol. The molecule has 2 heteroatoms. The first-order valence-corrected chi connectivity index (χ1v) is 5.75. The first-order chi connectivity index (χ1) is 6.68. The molecule has 1 heterocycles. The van der Waals surface area contributed by atoms with Gasteiger partial charge in [0.1, 0.15) is 0 Å². The molecule has 0 aliphatic rings. The van der Waals surface area contributed by atoms with Crippen molar-refractivity contribution in [3.05, 3.63) is 17.7 Å². The Morgan fingerprint density at radius 3 is 2.00 bits per heavy atom. The number of hydrogen-bond donors (Lipinski definition) is 0. The summed E-state index contributed by atoms with van der Waals surface area (Å²) in [7, 11) is 0. The minimum atomic E-state index is 0.114. The third kappa shape index (κ3) is 2.42. The van der Waals surface area contributed by atoms with Crippen LogP contribution in [0.3, 0.4) is 0 Å². The Morgan fingerprint density at radius 2 is 1.67 bits per heavy atom. The minimum absolute atomic E-state index is 0.114. The van der Waals surface area contributed by atoms with Crippen molar-refractivity contribution in [2.24, 2.45) is 0 Å². The van der Waals surface area contributed by atoms with E-state index in [0.717, 1.165) is 6.42 Å². The minimum Gasteiger partial charge on any atom is -0.329 e. The maximum absolute atomic E-state index is 4.53. The van der Waals surface area contributed by atoms with Crippen LogP contribution in [0.15, 0.2) is 6.33 Å². The second-order valence-electron chi connectivity index (χ2n) is 6.18. The molecular weight excluding hydrogens is 184 g/mol. The van der Waals surface area contributed by atoms with Gasteiger partial charge in [-0.05, 0) is 27.2 Å². The van der Waals surface area contributed by atoms with E-state index in [1.54, 1.807) is 0 Å². The Bertz CT molecular complexity index is 334. The predicted octanol–water partition coefficient (Wildman–Crippen LogP) is 3.50. The fraction of sp³-hybridized carbons (Fsp3) is 0.769. The van der Waals surface area contributed by atoms with Crippen molar-refractivity contribution < 1.29 is 0 Å². The zero-order chi connectivity index (χ0) is 11.9. The Kier molecular flexibility index (Phi) is 2.99. The highest BCUT2D eigenvalue weighted by Crippen LogP contribution is 2.30. The third-order valence-electron chi connectivity index (χ3n) is 2.61. The van der Waals surface area contributed by atoms with E-state index in [4.69, 9.17) is 0 Å². The monoisotopic (exact) mass is 208 g/mol. The molecule has 0 N–H and O–H groups in total. The number of hydrogen-bond acceptors (Lipinski definition) is 1. The third-order valence-corrected chi connectivity index (χ3v) is 2.61. The van der Waals surface area contributed by atoms with E-state index in [1.807, 2.05) is 6.33 Å².